The Bertz CT molecular complexity index is 513. The molecule has 6 heteroatoms. The number of nitrogens with zero attached hydrogens (tertiary/aromatic N) is 1. The van der Waals surface area contributed by atoms with Crippen LogP contribution < -0.4 is 15.4 Å². The first kappa shape index (κ1) is 20.7. The summed E-state index contributed by atoms with van der Waals surface area (Å²) in [5, 5.41) is 6.52. The molecule has 1 saturated heterocycles. The van der Waals surface area contributed by atoms with E-state index in [0.717, 1.165) is 37.4 Å². The molecular formula is C18H30ClN3O2. The number of benzene rings is 1. The van der Waals surface area contributed by atoms with Crippen molar-refractivity contribution in [1.82, 2.24) is 15.5 Å². The summed E-state index contributed by atoms with van der Waals surface area (Å²) in [7, 11) is 0. The lowest BCUT2D eigenvalue weighted by Crippen LogP contribution is -2.52. The largest absolute Gasteiger partial charge is 0.494 e. The predicted molar refractivity (Wildman–Crippen MR) is 99.9 cm³/mol. The van der Waals surface area contributed by atoms with Gasteiger partial charge in [0.25, 0.3) is 0 Å². The van der Waals surface area contributed by atoms with Crippen molar-refractivity contribution >= 4 is 18.3 Å². The molecule has 2 atom stereocenters. The Hall–Kier alpha value is -1.30. The molecule has 5 nitrogen and oxygen atoms in total. The molecule has 0 spiro atoms. The van der Waals surface area contributed by atoms with Crippen molar-refractivity contribution in [2.75, 3.05) is 32.8 Å². The Morgan fingerprint density at radius 3 is 2.83 bits per heavy atom. The van der Waals surface area contributed by atoms with Gasteiger partial charge in [-0.25, -0.2) is 0 Å². The molecule has 1 amide bonds. The van der Waals surface area contributed by atoms with Crippen LogP contribution in [0.15, 0.2) is 24.3 Å². The number of rotatable bonds is 7. The minimum atomic E-state index is -0.0107. The molecule has 2 N–H and O–H groups in total. The van der Waals surface area contributed by atoms with Gasteiger partial charge in [-0.2, -0.15) is 0 Å². The fraction of sp³-hybridized carbons (Fsp3) is 0.611. The van der Waals surface area contributed by atoms with Gasteiger partial charge in [-0.15, -0.1) is 12.4 Å². The summed E-state index contributed by atoms with van der Waals surface area (Å²) >= 11 is 0. The lowest BCUT2D eigenvalue weighted by atomic mass is 10.0. The number of amides is 1. The lowest BCUT2D eigenvalue weighted by molar-refractivity contribution is -0.123. The molecule has 0 aromatic heterocycles. The fourth-order valence-electron chi connectivity index (χ4n) is 3.00. The predicted octanol–water partition coefficient (Wildman–Crippen LogP) is 2.37. The molecule has 0 saturated carbocycles. The molecule has 1 aliphatic heterocycles. The molecule has 24 heavy (non-hydrogen) atoms. The van der Waals surface area contributed by atoms with Crippen molar-refractivity contribution in [3.8, 4) is 5.75 Å². The molecule has 1 aliphatic rings. The van der Waals surface area contributed by atoms with E-state index < -0.39 is 0 Å². The van der Waals surface area contributed by atoms with Crippen molar-refractivity contribution in [1.29, 1.82) is 0 Å². The van der Waals surface area contributed by atoms with Gasteiger partial charge in [0.2, 0.25) is 5.91 Å². The van der Waals surface area contributed by atoms with Crippen LogP contribution in [-0.4, -0.2) is 49.6 Å². The summed E-state index contributed by atoms with van der Waals surface area (Å²) in [6.07, 6.45) is 0.840. The third-order valence-corrected chi connectivity index (χ3v) is 4.32. The highest BCUT2D eigenvalue weighted by Gasteiger charge is 2.22. The molecular weight excluding hydrogens is 326 g/mol. The van der Waals surface area contributed by atoms with Crippen molar-refractivity contribution in [3.63, 3.8) is 0 Å². The standard InChI is InChI=1S/C18H29N3O2.ClH/c1-4-16(15-8-6-7-9-17(15)23-5-2)20-18(22)13-21-11-10-19-12-14(21)3;/h6-9,14,16,19H,4-5,10-13H2,1-3H3,(H,20,22);1H/t14-,16?;/m0./s1. The number of carbonyl (C=O) groups excluding carboxylic acids is 1. The van der Waals surface area contributed by atoms with E-state index in [1.165, 1.54) is 0 Å². The zero-order valence-electron chi connectivity index (χ0n) is 14.9. The van der Waals surface area contributed by atoms with Crippen molar-refractivity contribution < 1.29 is 9.53 Å². The summed E-state index contributed by atoms with van der Waals surface area (Å²) < 4.78 is 5.70. The Labute approximate surface area is 151 Å². The average molecular weight is 356 g/mol. The van der Waals surface area contributed by atoms with Gasteiger partial charge in [-0.05, 0) is 26.3 Å². The Balaban J connectivity index is 0.00000288. The zero-order chi connectivity index (χ0) is 16.7. The van der Waals surface area contributed by atoms with Gasteiger partial charge >= 0.3 is 0 Å². The quantitative estimate of drug-likeness (QED) is 0.788. The number of ether oxygens (including phenoxy) is 1. The SMILES string of the molecule is CCOc1ccccc1C(CC)NC(=O)CN1CCNC[C@@H]1C.Cl. The first-order valence-corrected chi connectivity index (χ1v) is 8.61. The molecule has 0 aliphatic carbocycles. The van der Waals surface area contributed by atoms with Crippen LogP contribution in [0, 0.1) is 0 Å². The highest BCUT2D eigenvalue weighted by Crippen LogP contribution is 2.27. The van der Waals surface area contributed by atoms with E-state index in [2.05, 4.69) is 29.4 Å². The summed E-state index contributed by atoms with van der Waals surface area (Å²) in [4.78, 5) is 14.7. The number of carbonyl (C=O) groups is 1. The summed E-state index contributed by atoms with van der Waals surface area (Å²) in [6.45, 7) is 10.1. The number of para-hydroxylation sites is 1. The molecule has 1 unspecified atom stereocenters. The number of hydrogen-bond donors (Lipinski definition) is 2. The minimum absolute atomic E-state index is 0. The maximum absolute atomic E-state index is 12.5. The normalized spacial score (nSPS) is 19.2. The van der Waals surface area contributed by atoms with E-state index in [1.54, 1.807) is 0 Å². The van der Waals surface area contributed by atoms with Crippen LogP contribution >= 0.6 is 12.4 Å². The van der Waals surface area contributed by atoms with Crippen LogP contribution in [0.2, 0.25) is 0 Å². The highest BCUT2D eigenvalue weighted by atomic mass is 35.5. The Morgan fingerprint density at radius 2 is 2.17 bits per heavy atom. The molecule has 1 aromatic carbocycles. The maximum atomic E-state index is 12.5. The van der Waals surface area contributed by atoms with Gasteiger partial charge in [0.1, 0.15) is 5.75 Å². The fourth-order valence-corrected chi connectivity index (χ4v) is 3.00. The summed E-state index contributed by atoms with van der Waals surface area (Å²) in [5.41, 5.74) is 1.05. The Kier molecular flexibility index (Phi) is 9.11. The molecule has 1 heterocycles. The number of piperazine rings is 1. The van der Waals surface area contributed by atoms with Gasteiger partial charge in [-0.3, -0.25) is 9.69 Å². The van der Waals surface area contributed by atoms with E-state index in [4.69, 9.17) is 4.74 Å². The highest BCUT2D eigenvalue weighted by molar-refractivity contribution is 5.85. The minimum Gasteiger partial charge on any atom is -0.494 e. The van der Waals surface area contributed by atoms with Gasteiger partial charge < -0.3 is 15.4 Å². The number of halogens is 1. The number of hydrogen-bond acceptors (Lipinski definition) is 4. The van der Waals surface area contributed by atoms with E-state index in [0.29, 0.717) is 19.2 Å². The van der Waals surface area contributed by atoms with Crippen molar-refractivity contribution in [2.24, 2.45) is 0 Å². The van der Waals surface area contributed by atoms with Crippen LogP contribution in [-0.2, 0) is 4.79 Å². The van der Waals surface area contributed by atoms with E-state index >= 15 is 0 Å². The first-order valence-electron chi connectivity index (χ1n) is 8.61. The summed E-state index contributed by atoms with van der Waals surface area (Å²) in [5.74, 6) is 0.939. The van der Waals surface area contributed by atoms with E-state index in [-0.39, 0.29) is 24.4 Å². The topological polar surface area (TPSA) is 53.6 Å². The average Bonchev–Trinajstić information content (AvgIpc) is 2.56. The second-order valence-corrected chi connectivity index (χ2v) is 6.02. The van der Waals surface area contributed by atoms with Gasteiger partial charge in [0.15, 0.2) is 0 Å². The molecule has 0 radical (unpaired) electrons. The smallest absolute Gasteiger partial charge is 0.234 e. The third kappa shape index (κ3) is 5.65. The molecule has 2 rings (SSSR count). The van der Waals surface area contributed by atoms with Gasteiger partial charge in [0.05, 0.1) is 19.2 Å². The zero-order valence-corrected chi connectivity index (χ0v) is 15.7. The lowest BCUT2D eigenvalue weighted by Gasteiger charge is -2.33. The second-order valence-electron chi connectivity index (χ2n) is 6.02. The second kappa shape index (κ2) is 10.5. The van der Waals surface area contributed by atoms with Gasteiger partial charge in [0, 0.05) is 31.2 Å². The molecule has 1 fully saturated rings. The summed E-state index contributed by atoms with van der Waals surface area (Å²) in [6, 6.07) is 8.34. The van der Waals surface area contributed by atoms with E-state index in [1.807, 2.05) is 31.2 Å². The van der Waals surface area contributed by atoms with Crippen LogP contribution in [0.5, 0.6) is 5.75 Å². The molecule has 1 aromatic rings. The third-order valence-electron chi connectivity index (χ3n) is 4.32. The van der Waals surface area contributed by atoms with Crippen LogP contribution in [0.4, 0.5) is 0 Å². The molecule has 0 bridgehead atoms. The monoisotopic (exact) mass is 355 g/mol. The van der Waals surface area contributed by atoms with Crippen LogP contribution in [0.25, 0.3) is 0 Å². The van der Waals surface area contributed by atoms with E-state index in [9.17, 15) is 4.79 Å². The Morgan fingerprint density at radius 1 is 1.42 bits per heavy atom. The molecule has 136 valence electrons. The van der Waals surface area contributed by atoms with Crippen LogP contribution in [0.3, 0.4) is 0 Å². The van der Waals surface area contributed by atoms with Crippen molar-refractivity contribution in [3.05, 3.63) is 29.8 Å². The van der Waals surface area contributed by atoms with Gasteiger partial charge in [-0.1, -0.05) is 25.1 Å². The van der Waals surface area contributed by atoms with Crippen molar-refractivity contribution in [2.45, 2.75) is 39.3 Å². The maximum Gasteiger partial charge on any atom is 0.234 e. The van der Waals surface area contributed by atoms with Crippen LogP contribution in [0.1, 0.15) is 38.8 Å². The first-order chi connectivity index (χ1) is 11.2. The number of nitrogens with one attached hydrogen (secondary N) is 2.